The molecule has 1 rings (SSSR count). The predicted molar refractivity (Wildman–Crippen MR) is 69.7 cm³/mol. The van der Waals surface area contributed by atoms with E-state index in [0.29, 0.717) is 12.5 Å². The highest BCUT2D eigenvalue weighted by molar-refractivity contribution is 5.26. The second-order valence-corrected chi connectivity index (χ2v) is 4.62. The van der Waals surface area contributed by atoms with Gasteiger partial charge >= 0.3 is 0 Å². The van der Waals surface area contributed by atoms with Crippen LogP contribution in [0.15, 0.2) is 24.3 Å². The second kappa shape index (κ2) is 7.43. The van der Waals surface area contributed by atoms with Crippen molar-refractivity contribution in [2.45, 2.75) is 33.0 Å². The zero-order chi connectivity index (χ0) is 12.7. The Morgan fingerprint density at radius 2 is 1.88 bits per heavy atom. The van der Waals surface area contributed by atoms with Crippen molar-refractivity contribution < 1.29 is 9.84 Å². The Labute approximate surface area is 104 Å². The molecule has 1 aromatic carbocycles. The van der Waals surface area contributed by atoms with Crippen LogP contribution in [0.25, 0.3) is 0 Å². The summed E-state index contributed by atoms with van der Waals surface area (Å²) in [5.41, 5.74) is 2.43. The van der Waals surface area contributed by atoms with Crippen molar-refractivity contribution in [2.75, 3.05) is 13.7 Å². The molecule has 17 heavy (non-hydrogen) atoms. The monoisotopic (exact) mass is 237 g/mol. The Morgan fingerprint density at radius 3 is 2.41 bits per heavy atom. The third kappa shape index (κ3) is 4.46. The average Bonchev–Trinajstić information content (AvgIpc) is 2.32. The van der Waals surface area contributed by atoms with Crippen LogP contribution in [-0.2, 0) is 17.9 Å². The third-order valence-corrected chi connectivity index (χ3v) is 2.97. The molecule has 0 radical (unpaired) electrons. The smallest absolute Gasteiger partial charge is 0.0716 e. The summed E-state index contributed by atoms with van der Waals surface area (Å²) in [6.45, 7) is 5.78. The summed E-state index contributed by atoms with van der Waals surface area (Å²) >= 11 is 0. The fourth-order valence-electron chi connectivity index (χ4n) is 1.78. The number of nitrogens with one attached hydrogen (secondary N) is 1. The number of rotatable bonds is 7. The summed E-state index contributed by atoms with van der Waals surface area (Å²) < 4.78 is 5.17. The zero-order valence-electron chi connectivity index (χ0n) is 10.9. The molecule has 0 heterocycles. The van der Waals surface area contributed by atoms with Crippen LogP contribution in [0.1, 0.15) is 25.0 Å². The highest BCUT2D eigenvalue weighted by Gasteiger charge is 2.11. The molecule has 2 N–H and O–H groups in total. The van der Waals surface area contributed by atoms with Gasteiger partial charge in [0.05, 0.1) is 13.2 Å². The lowest BCUT2D eigenvalue weighted by molar-refractivity contribution is 0.183. The van der Waals surface area contributed by atoms with Gasteiger partial charge in [0.25, 0.3) is 0 Å². The summed E-state index contributed by atoms with van der Waals surface area (Å²) in [6.07, 6.45) is 0. The Bertz CT molecular complexity index is 326. The number of hydrogen-bond acceptors (Lipinski definition) is 3. The van der Waals surface area contributed by atoms with Crippen LogP contribution in [0.4, 0.5) is 0 Å². The maximum atomic E-state index is 9.26. The molecule has 0 saturated heterocycles. The van der Waals surface area contributed by atoms with Crippen molar-refractivity contribution in [3.8, 4) is 0 Å². The van der Waals surface area contributed by atoms with Crippen LogP contribution in [-0.4, -0.2) is 24.9 Å². The van der Waals surface area contributed by atoms with Crippen molar-refractivity contribution >= 4 is 0 Å². The van der Waals surface area contributed by atoms with E-state index in [2.05, 4.69) is 31.3 Å². The van der Waals surface area contributed by atoms with Gasteiger partial charge in [0, 0.05) is 19.7 Å². The van der Waals surface area contributed by atoms with Gasteiger partial charge < -0.3 is 15.2 Å². The lowest BCUT2D eigenvalue weighted by atomic mass is 10.0. The van der Waals surface area contributed by atoms with Crippen molar-refractivity contribution in [3.05, 3.63) is 35.4 Å². The van der Waals surface area contributed by atoms with Crippen LogP contribution in [0.3, 0.4) is 0 Å². The highest BCUT2D eigenvalue weighted by Crippen LogP contribution is 2.11. The zero-order valence-corrected chi connectivity index (χ0v) is 10.9. The van der Waals surface area contributed by atoms with E-state index in [1.54, 1.807) is 7.11 Å². The molecule has 3 heteroatoms. The van der Waals surface area contributed by atoms with Crippen LogP contribution in [0.5, 0.6) is 0 Å². The van der Waals surface area contributed by atoms with Crippen LogP contribution in [0.2, 0.25) is 0 Å². The van der Waals surface area contributed by atoms with E-state index in [9.17, 15) is 5.11 Å². The Kier molecular flexibility index (Phi) is 6.19. The summed E-state index contributed by atoms with van der Waals surface area (Å²) in [5, 5.41) is 12.6. The molecule has 1 aromatic rings. The Balaban J connectivity index is 2.61. The molecule has 0 aromatic heterocycles. The number of ether oxygens (including phenoxy) is 1. The molecule has 3 nitrogen and oxygen atoms in total. The third-order valence-electron chi connectivity index (χ3n) is 2.97. The van der Waals surface area contributed by atoms with E-state index in [1.807, 2.05) is 12.1 Å². The summed E-state index contributed by atoms with van der Waals surface area (Å²) in [4.78, 5) is 0. The Hall–Kier alpha value is -0.900. The van der Waals surface area contributed by atoms with Gasteiger partial charge in [-0.05, 0) is 17.0 Å². The maximum absolute atomic E-state index is 9.26. The van der Waals surface area contributed by atoms with E-state index in [4.69, 9.17) is 4.74 Å². The Morgan fingerprint density at radius 1 is 1.24 bits per heavy atom. The number of methoxy groups -OCH3 is 1. The number of hydrogen-bond donors (Lipinski definition) is 2. The van der Waals surface area contributed by atoms with E-state index >= 15 is 0 Å². The molecule has 0 bridgehead atoms. The summed E-state index contributed by atoms with van der Waals surface area (Å²) in [5.74, 6) is 0.426. The summed E-state index contributed by atoms with van der Waals surface area (Å²) in [7, 11) is 1.70. The van der Waals surface area contributed by atoms with Crippen molar-refractivity contribution in [1.29, 1.82) is 0 Å². The molecule has 1 unspecified atom stereocenters. The summed E-state index contributed by atoms with van der Waals surface area (Å²) in [6, 6.07) is 8.36. The first-order valence-corrected chi connectivity index (χ1v) is 6.09. The molecule has 96 valence electrons. The topological polar surface area (TPSA) is 41.5 Å². The van der Waals surface area contributed by atoms with Crippen LogP contribution < -0.4 is 5.32 Å². The molecular formula is C14H23NO2. The largest absolute Gasteiger partial charge is 0.395 e. The molecule has 1 atom stereocenters. The molecule has 0 aliphatic rings. The minimum Gasteiger partial charge on any atom is -0.395 e. The molecule has 0 aliphatic heterocycles. The van der Waals surface area contributed by atoms with Gasteiger partial charge in [0.1, 0.15) is 0 Å². The van der Waals surface area contributed by atoms with Crippen molar-refractivity contribution in [1.82, 2.24) is 5.32 Å². The minimum atomic E-state index is 0.144. The fraction of sp³-hybridized carbons (Fsp3) is 0.571. The van der Waals surface area contributed by atoms with Gasteiger partial charge in [-0.3, -0.25) is 0 Å². The van der Waals surface area contributed by atoms with Crippen LogP contribution in [0, 0.1) is 5.92 Å². The lowest BCUT2D eigenvalue weighted by Gasteiger charge is -2.20. The molecule has 0 saturated carbocycles. The number of benzene rings is 1. The highest BCUT2D eigenvalue weighted by atomic mass is 16.5. The molecule has 0 amide bonds. The lowest BCUT2D eigenvalue weighted by Crippen LogP contribution is -2.36. The fourth-order valence-corrected chi connectivity index (χ4v) is 1.78. The number of aliphatic hydroxyl groups is 1. The van der Waals surface area contributed by atoms with Gasteiger partial charge in [-0.25, -0.2) is 0 Å². The molecule has 0 fully saturated rings. The predicted octanol–water partition coefficient (Wildman–Crippen LogP) is 1.94. The van der Waals surface area contributed by atoms with E-state index in [-0.39, 0.29) is 12.6 Å². The molecule has 0 aliphatic carbocycles. The average molecular weight is 237 g/mol. The van der Waals surface area contributed by atoms with E-state index in [0.717, 1.165) is 6.54 Å². The first-order valence-electron chi connectivity index (χ1n) is 6.09. The standard InChI is InChI=1S/C14H23NO2/c1-11(2)14(9-16)15-8-12-6-4-5-7-13(12)10-17-3/h4-7,11,14-16H,8-10H2,1-3H3. The molecular weight excluding hydrogens is 214 g/mol. The van der Waals surface area contributed by atoms with Crippen LogP contribution >= 0.6 is 0 Å². The van der Waals surface area contributed by atoms with Gasteiger partial charge in [-0.1, -0.05) is 38.1 Å². The van der Waals surface area contributed by atoms with Gasteiger partial charge in [0.15, 0.2) is 0 Å². The van der Waals surface area contributed by atoms with Crippen molar-refractivity contribution in [2.24, 2.45) is 5.92 Å². The van der Waals surface area contributed by atoms with Gasteiger partial charge in [-0.15, -0.1) is 0 Å². The van der Waals surface area contributed by atoms with Crippen molar-refractivity contribution in [3.63, 3.8) is 0 Å². The minimum absolute atomic E-state index is 0.144. The first-order chi connectivity index (χ1) is 8.19. The molecule has 0 spiro atoms. The first kappa shape index (κ1) is 14.2. The maximum Gasteiger partial charge on any atom is 0.0716 e. The van der Waals surface area contributed by atoms with Gasteiger partial charge in [0.2, 0.25) is 0 Å². The van der Waals surface area contributed by atoms with E-state index < -0.39 is 0 Å². The van der Waals surface area contributed by atoms with Gasteiger partial charge in [-0.2, -0.15) is 0 Å². The SMILES string of the molecule is COCc1ccccc1CNC(CO)C(C)C. The normalized spacial score (nSPS) is 13.0. The quantitative estimate of drug-likeness (QED) is 0.761. The van der Waals surface area contributed by atoms with E-state index in [1.165, 1.54) is 11.1 Å². The second-order valence-electron chi connectivity index (χ2n) is 4.62. The number of aliphatic hydroxyl groups excluding tert-OH is 1.